The molecule has 1 aromatic carbocycles. The highest BCUT2D eigenvalue weighted by Gasteiger charge is 2.10. The quantitative estimate of drug-likeness (QED) is 0.888. The number of carboxylic acids is 1. The number of aromatic carboxylic acids is 1. The van der Waals surface area contributed by atoms with E-state index < -0.39 is 11.8 Å². The normalized spacial score (nSPS) is 10.3. The van der Waals surface area contributed by atoms with Gasteiger partial charge in [0.15, 0.2) is 0 Å². The maximum Gasteiger partial charge on any atom is 0.338 e. The van der Waals surface area contributed by atoms with Gasteiger partial charge in [-0.25, -0.2) is 14.2 Å². The molecule has 0 spiro atoms. The van der Waals surface area contributed by atoms with Crippen LogP contribution < -0.4 is 5.32 Å². The van der Waals surface area contributed by atoms with Crippen LogP contribution in [0, 0.1) is 19.7 Å². The summed E-state index contributed by atoms with van der Waals surface area (Å²) in [6, 6.07) is 3.79. The molecule has 0 aliphatic heterocycles. The molecule has 0 aliphatic rings. The van der Waals surface area contributed by atoms with Gasteiger partial charge >= 0.3 is 5.97 Å². The van der Waals surface area contributed by atoms with Gasteiger partial charge in [-0.3, -0.25) is 4.98 Å². The Bertz CT molecular complexity index is 644. The molecule has 0 bridgehead atoms. The van der Waals surface area contributed by atoms with Crippen LogP contribution >= 0.6 is 0 Å². The van der Waals surface area contributed by atoms with Crippen molar-refractivity contribution in [1.29, 1.82) is 0 Å². The Morgan fingerprint density at radius 1 is 1.32 bits per heavy atom. The number of nitrogens with zero attached hydrogens (tertiary/aromatic N) is 2. The summed E-state index contributed by atoms with van der Waals surface area (Å²) >= 11 is 0. The molecule has 6 heteroatoms. The van der Waals surface area contributed by atoms with Gasteiger partial charge in [0, 0.05) is 5.69 Å². The third-order valence-corrected chi connectivity index (χ3v) is 2.66. The first-order valence-electron chi connectivity index (χ1n) is 5.57. The minimum absolute atomic E-state index is 0.364. The molecule has 5 nitrogen and oxygen atoms in total. The minimum atomic E-state index is -1.30. The lowest BCUT2D eigenvalue weighted by atomic mass is 10.2. The zero-order valence-corrected chi connectivity index (χ0v) is 10.4. The van der Waals surface area contributed by atoms with Crippen molar-refractivity contribution in [3.63, 3.8) is 0 Å². The van der Waals surface area contributed by atoms with Crippen molar-refractivity contribution >= 4 is 17.5 Å². The number of rotatable bonds is 3. The molecule has 2 rings (SSSR count). The van der Waals surface area contributed by atoms with E-state index in [1.807, 2.05) is 13.8 Å². The van der Waals surface area contributed by atoms with Crippen LogP contribution in [0.5, 0.6) is 0 Å². The zero-order valence-electron chi connectivity index (χ0n) is 10.4. The molecule has 2 N–H and O–H groups in total. The summed E-state index contributed by atoms with van der Waals surface area (Å²) < 4.78 is 13.5. The molecule has 0 unspecified atom stereocenters. The molecule has 0 aliphatic carbocycles. The van der Waals surface area contributed by atoms with Gasteiger partial charge in [-0.05, 0) is 32.0 Å². The number of aryl methyl sites for hydroxylation is 2. The number of carboxylic acid groups (broad SMARTS) is 1. The van der Waals surface area contributed by atoms with Crippen LogP contribution in [0.4, 0.5) is 15.9 Å². The van der Waals surface area contributed by atoms with Gasteiger partial charge in [0.2, 0.25) is 0 Å². The molecule has 1 aromatic heterocycles. The van der Waals surface area contributed by atoms with Crippen LogP contribution in [-0.4, -0.2) is 21.0 Å². The second kappa shape index (κ2) is 5.01. The average molecular weight is 261 g/mol. The molecule has 1 heterocycles. The second-order valence-electron chi connectivity index (χ2n) is 4.05. The number of halogens is 1. The Hall–Kier alpha value is -2.50. The maximum atomic E-state index is 13.5. The smallest absolute Gasteiger partial charge is 0.338 e. The van der Waals surface area contributed by atoms with E-state index in [-0.39, 0.29) is 5.56 Å². The van der Waals surface area contributed by atoms with E-state index >= 15 is 0 Å². The van der Waals surface area contributed by atoms with Gasteiger partial charge in [-0.15, -0.1) is 0 Å². The van der Waals surface area contributed by atoms with E-state index in [0.717, 1.165) is 17.5 Å². The Labute approximate surface area is 109 Å². The molecule has 98 valence electrons. The predicted molar refractivity (Wildman–Crippen MR) is 68.1 cm³/mol. The van der Waals surface area contributed by atoms with Gasteiger partial charge in [-0.2, -0.15) is 0 Å². The van der Waals surface area contributed by atoms with E-state index in [2.05, 4.69) is 15.3 Å². The molecule has 0 atom stereocenters. The third-order valence-electron chi connectivity index (χ3n) is 2.66. The summed E-state index contributed by atoms with van der Waals surface area (Å²) in [6.45, 7) is 3.66. The van der Waals surface area contributed by atoms with Crippen molar-refractivity contribution < 1.29 is 14.3 Å². The van der Waals surface area contributed by atoms with Crippen LogP contribution in [0.2, 0.25) is 0 Å². The first kappa shape index (κ1) is 12.9. The van der Waals surface area contributed by atoms with Crippen molar-refractivity contribution in [2.75, 3.05) is 5.32 Å². The average Bonchev–Trinajstić information content (AvgIpc) is 2.33. The zero-order chi connectivity index (χ0) is 14.0. The number of hydrogen-bond acceptors (Lipinski definition) is 4. The summed E-state index contributed by atoms with van der Waals surface area (Å²) in [7, 11) is 0. The fourth-order valence-electron chi connectivity index (χ4n) is 1.52. The number of nitrogens with one attached hydrogen (secondary N) is 1. The van der Waals surface area contributed by atoms with Gasteiger partial charge in [-0.1, -0.05) is 0 Å². The Morgan fingerprint density at radius 2 is 2.05 bits per heavy atom. The summed E-state index contributed by atoms with van der Waals surface area (Å²) in [5.74, 6) is -1.62. The molecule has 0 amide bonds. The molecular formula is C13H12FN3O2. The van der Waals surface area contributed by atoms with E-state index in [4.69, 9.17) is 5.11 Å². The lowest BCUT2D eigenvalue weighted by Gasteiger charge is -2.08. The largest absolute Gasteiger partial charge is 0.478 e. The van der Waals surface area contributed by atoms with Crippen LogP contribution in [0.1, 0.15) is 21.7 Å². The molecule has 0 fully saturated rings. The standard InChI is InChI=1S/C13H12FN3O2/c1-7-8(2)16-12(6-15-7)17-9-3-4-10(13(18)19)11(14)5-9/h3-6H,1-2H3,(H,16,17)(H,18,19). The van der Waals surface area contributed by atoms with Crippen molar-refractivity contribution in [3.8, 4) is 0 Å². The van der Waals surface area contributed by atoms with Crippen molar-refractivity contribution in [2.24, 2.45) is 0 Å². The van der Waals surface area contributed by atoms with Crippen molar-refractivity contribution in [2.45, 2.75) is 13.8 Å². The molecule has 0 radical (unpaired) electrons. The SMILES string of the molecule is Cc1ncc(Nc2ccc(C(=O)O)c(F)c2)nc1C. The Kier molecular flexibility index (Phi) is 3.41. The second-order valence-corrected chi connectivity index (χ2v) is 4.05. The third kappa shape index (κ3) is 2.85. The summed E-state index contributed by atoms with van der Waals surface area (Å²) in [6.07, 6.45) is 1.53. The lowest BCUT2D eigenvalue weighted by Crippen LogP contribution is -2.02. The highest BCUT2D eigenvalue weighted by Crippen LogP contribution is 2.18. The van der Waals surface area contributed by atoms with Gasteiger partial charge in [0.1, 0.15) is 11.6 Å². The fraction of sp³-hybridized carbons (Fsp3) is 0.154. The summed E-state index contributed by atoms with van der Waals surface area (Å²) in [4.78, 5) is 19.1. The summed E-state index contributed by atoms with van der Waals surface area (Å²) in [5, 5.41) is 11.6. The van der Waals surface area contributed by atoms with Crippen molar-refractivity contribution in [3.05, 3.63) is 47.2 Å². The Balaban J connectivity index is 2.26. The molecular weight excluding hydrogens is 249 g/mol. The number of anilines is 2. The first-order valence-corrected chi connectivity index (χ1v) is 5.57. The minimum Gasteiger partial charge on any atom is -0.478 e. The number of carbonyl (C=O) groups is 1. The molecule has 0 saturated heterocycles. The monoisotopic (exact) mass is 261 g/mol. The van der Waals surface area contributed by atoms with Crippen LogP contribution in [0.15, 0.2) is 24.4 Å². The van der Waals surface area contributed by atoms with Gasteiger partial charge in [0.05, 0.1) is 23.1 Å². The number of aromatic nitrogens is 2. The van der Waals surface area contributed by atoms with E-state index in [0.29, 0.717) is 11.5 Å². The highest BCUT2D eigenvalue weighted by molar-refractivity contribution is 5.88. The molecule has 2 aromatic rings. The fourth-order valence-corrected chi connectivity index (χ4v) is 1.52. The number of benzene rings is 1. The Morgan fingerprint density at radius 3 is 2.63 bits per heavy atom. The molecule has 0 saturated carbocycles. The number of hydrogen-bond donors (Lipinski definition) is 2. The van der Waals surface area contributed by atoms with Crippen LogP contribution in [-0.2, 0) is 0 Å². The maximum absolute atomic E-state index is 13.5. The predicted octanol–water partition coefficient (Wildman–Crippen LogP) is 2.67. The van der Waals surface area contributed by atoms with E-state index in [1.54, 1.807) is 0 Å². The van der Waals surface area contributed by atoms with Crippen molar-refractivity contribution in [1.82, 2.24) is 9.97 Å². The van der Waals surface area contributed by atoms with Crippen LogP contribution in [0.25, 0.3) is 0 Å². The lowest BCUT2D eigenvalue weighted by molar-refractivity contribution is 0.0692. The van der Waals surface area contributed by atoms with Gasteiger partial charge in [0.25, 0.3) is 0 Å². The van der Waals surface area contributed by atoms with E-state index in [9.17, 15) is 9.18 Å². The van der Waals surface area contributed by atoms with Crippen LogP contribution in [0.3, 0.4) is 0 Å². The highest BCUT2D eigenvalue weighted by atomic mass is 19.1. The topological polar surface area (TPSA) is 75.1 Å². The van der Waals surface area contributed by atoms with E-state index in [1.165, 1.54) is 18.3 Å². The molecule has 19 heavy (non-hydrogen) atoms. The van der Waals surface area contributed by atoms with Gasteiger partial charge < -0.3 is 10.4 Å². The summed E-state index contributed by atoms with van der Waals surface area (Å²) in [5.41, 5.74) is 1.64. The first-order chi connectivity index (χ1) is 8.97.